The molecule has 0 radical (unpaired) electrons. The quantitative estimate of drug-likeness (QED) is 0.391. The van der Waals surface area contributed by atoms with E-state index in [0.29, 0.717) is 31.0 Å². The average Bonchev–Trinajstić information content (AvgIpc) is 3.41. The van der Waals surface area contributed by atoms with Crippen LogP contribution in [-0.4, -0.2) is 54.1 Å². The van der Waals surface area contributed by atoms with Gasteiger partial charge < -0.3 is 14.4 Å². The van der Waals surface area contributed by atoms with E-state index in [-0.39, 0.29) is 5.91 Å². The summed E-state index contributed by atoms with van der Waals surface area (Å²) in [6, 6.07) is 17.5. The van der Waals surface area contributed by atoms with Crippen LogP contribution in [0.4, 0.5) is 0 Å². The number of nitrogens with zero attached hydrogens (tertiary/aromatic N) is 3. The van der Waals surface area contributed by atoms with Crippen LogP contribution in [0.25, 0.3) is 16.2 Å². The van der Waals surface area contributed by atoms with Crippen LogP contribution in [0.3, 0.4) is 0 Å². The highest BCUT2D eigenvalue weighted by atomic mass is 32.1. The van der Waals surface area contributed by atoms with E-state index in [1.165, 1.54) is 0 Å². The lowest BCUT2D eigenvalue weighted by atomic mass is 10.1. The minimum atomic E-state index is -0.0587. The highest BCUT2D eigenvalue weighted by molar-refractivity contribution is 7.15. The molecule has 0 saturated heterocycles. The van der Waals surface area contributed by atoms with Crippen LogP contribution in [0.2, 0.25) is 0 Å². The molecule has 0 saturated carbocycles. The van der Waals surface area contributed by atoms with Crippen molar-refractivity contribution in [3.63, 3.8) is 0 Å². The fraction of sp³-hybridized carbons (Fsp3) is 0.250. The molecule has 7 heteroatoms. The maximum Gasteiger partial charge on any atom is 0.257 e. The molecule has 0 aliphatic carbocycles. The smallest absolute Gasteiger partial charge is 0.257 e. The van der Waals surface area contributed by atoms with Crippen molar-refractivity contribution >= 4 is 22.2 Å². The Balaban J connectivity index is 1.54. The molecule has 0 aliphatic heterocycles. The molecule has 1 amide bonds. The molecule has 4 aromatic rings. The van der Waals surface area contributed by atoms with Crippen molar-refractivity contribution in [1.82, 2.24) is 14.3 Å². The SMILES string of the molecule is COCCN(CCc1csc2nc(-c3ccccc3)cn12)C(=O)c1ccccc1OC. The molecule has 4 rings (SSSR count). The number of hydrogen-bond donors (Lipinski definition) is 0. The summed E-state index contributed by atoms with van der Waals surface area (Å²) in [5, 5.41) is 2.11. The maximum absolute atomic E-state index is 13.2. The van der Waals surface area contributed by atoms with Gasteiger partial charge in [-0.15, -0.1) is 11.3 Å². The van der Waals surface area contributed by atoms with Gasteiger partial charge in [0.2, 0.25) is 0 Å². The van der Waals surface area contributed by atoms with Gasteiger partial charge in [-0.3, -0.25) is 9.20 Å². The van der Waals surface area contributed by atoms with E-state index in [9.17, 15) is 4.79 Å². The predicted molar refractivity (Wildman–Crippen MR) is 123 cm³/mol. The third kappa shape index (κ3) is 4.62. The van der Waals surface area contributed by atoms with Crippen LogP contribution in [0.1, 0.15) is 16.1 Å². The van der Waals surface area contributed by atoms with Crippen LogP contribution in [-0.2, 0) is 11.2 Å². The highest BCUT2D eigenvalue weighted by Crippen LogP contribution is 2.24. The number of aromatic nitrogens is 2. The molecule has 2 heterocycles. The molecule has 0 fully saturated rings. The molecule has 2 aromatic heterocycles. The molecule has 160 valence electrons. The topological polar surface area (TPSA) is 56.1 Å². The number of thiazole rings is 1. The lowest BCUT2D eigenvalue weighted by Gasteiger charge is -2.23. The van der Waals surface area contributed by atoms with Gasteiger partial charge in [0, 0.05) is 49.5 Å². The zero-order valence-electron chi connectivity index (χ0n) is 17.7. The first-order valence-corrected chi connectivity index (χ1v) is 11.0. The second-order valence-electron chi connectivity index (χ2n) is 7.11. The van der Waals surface area contributed by atoms with Crippen molar-refractivity contribution in [3.8, 4) is 17.0 Å². The van der Waals surface area contributed by atoms with E-state index in [2.05, 4.69) is 28.1 Å². The Morgan fingerprint density at radius 2 is 1.84 bits per heavy atom. The van der Waals surface area contributed by atoms with Crippen molar-refractivity contribution in [2.24, 2.45) is 0 Å². The number of amides is 1. The number of benzene rings is 2. The lowest BCUT2D eigenvalue weighted by molar-refractivity contribution is 0.0694. The highest BCUT2D eigenvalue weighted by Gasteiger charge is 2.20. The third-order valence-electron chi connectivity index (χ3n) is 5.18. The molecule has 0 spiro atoms. The standard InChI is InChI=1S/C24H25N3O3S/c1-29-15-14-26(23(28)20-10-6-7-11-22(20)30-2)13-12-19-17-31-24-25-21(16-27(19)24)18-8-4-3-5-9-18/h3-11,16-17H,12-15H2,1-2H3. The first-order valence-electron chi connectivity index (χ1n) is 10.1. The molecular formula is C24H25N3O3S. The Hall–Kier alpha value is -3.16. The number of ether oxygens (including phenoxy) is 2. The fourth-order valence-electron chi connectivity index (χ4n) is 3.51. The van der Waals surface area contributed by atoms with Gasteiger partial charge in [0.05, 0.1) is 25.0 Å². The number of carbonyl (C=O) groups excluding carboxylic acids is 1. The Kier molecular flexibility index (Phi) is 6.64. The summed E-state index contributed by atoms with van der Waals surface area (Å²) < 4.78 is 12.7. The number of imidazole rings is 1. The van der Waals surface area contributed by atoms with E-state index >= 15 is 0 Å². The van der Waals surface area contributed by atoms with Crippen molar-refractivity contribution in [3.05, 3.63) is 77.4 Å². The van der Waals surface area contributed by atoms with E-state index in [1.807, 2.05) is 35.2 Å². The van der Waals surface area contributed by atoms with Gasteiger partial charge in [-0.05, 0) is 12.1 Å². The number of carbonyl (C=O) groups is 1. The zero-order chi connectivity index (χ0) is 21.6. The van der Waals surface area contributed by atoms with Gasteiger partial charge in [0.1, 0.15) is 5.75 Å². The van der Waals surface area contributed by atoms with Crippen LogP contribution in [0, 0.1) is 0 Å². The van der Waals surface area contributed by atoms with Gasteiger partial charge >= 0.3 is 0 Å². The van der Waals surface area contributed by atoms with E-state index < -0.39 is 0 Å². The summed E-state index contributed by atoms with van der Waals surface area (Å²) in [4.78, 5) is 20.7. The van der Waals surface area contributed by atoms with Gasteiger partial charge in [-0.25, -0.2) is 4.98 Å². The Morgan fingerprint density at radius 1 is 1.06 bits per heavy atom. The number of hydrogen-bond acceptors (Lipinski definition) is 5. The minimum absolute atomic E-state index is 0.0587. The van der Waals surface area contributed by atoms with Gasteiger partial charge in [0.25, 0.3) is 5.91 Å². The average molecular weight is 436 g/mol. The van der Waals surface area contributed by atoms with Crippen molar-refractivity contribution in [2.75, 3.05) is 33.9 Å². The number of rotatable bonds is 9. The molecule has 2 aromatic carbocycles. The first-order chi connectivity index (χ1) is 15.2. The third-order valence-corrected chi connectivity index (χ3v) is 6.07. The van der Waals surface area contributed by atoms with Crippen LogP contribution in [0.5, 0.6) is 5.75 Å². The second-order valence-corrected chi connectivity index (χ2v) is 7.94. The number of methoxy groups -OCH3 is 2. The number of fused-ring (bicyclic) bond motifs is 1. The summed E-state index contributed by atoms with van der Waals surface area (Å²) in [7, 11) is 3.22. The predicted octanol–water partition coefficient (Wildman–Crippen LogP) is 4.40. The van der Waals surface area contributed by atoms with E-state index in [0.717, 1.165) is 28.3 Å². The summed E-state index contributed by atoms with van der Waals surface area (Å²) in [6.45, 7) is 1.56. The fourth-order valence-corrected chi connectivity index (χ4v) is 4.42. The van der Waals surface area contributed by atoms with Crippen molar-refractivity contribution in [1.29, 1.82) is 0 Å². The first kappa shape index (κ1) is 21.1. The molecule has 0 bridgehead atoms. The van der Waals surface area contributed by atoms with Crippen molar-refractivity contribution in [2.45, 2.75) is 6.42 Å². The zero-order valence-corrected chi connectivity index (χ0v) is 18.5. The largest absolute Gasteiger partial charge is 0.496 e. The van der Waals surface area contributed by atoms with Gasteiger partial charge in [0.15, 0.2) is 4.96 Å². The lowest BCUT2D eigenvalue weighted by Crippen LogP contribution is -2.36. The molecule has 0 aliphatic rings. The monoisotopic (exact) mass is 435 g/mol. The summed E-state index contributed by atoms with van der Waals surface area (Å²) >= 11 is 1.61. The molecule has 0 unspecified atom stereocenters. The van der Waals surface area contributed by atoms with Crippen LogP contribution in [0.15, 0.2) is 66.2 Å². The van der Waals surface area contributed by atoms with Crippen molar-refractivity contribution < 1.29 is 14.3 Å². The van der Waals surface area contributed by atoms with Crippen LogP contribution < -0.4 is 4.74 Å². The number of para-hydroxylation sites is 1. The minimum Gasteiger partial charge on any atom is -0.496 e. The molecule has 31 heavy (non-hydrogen) atoms. The summed E-state index contributed by atoms with van der Waals surface area (Å²) in [5.41, 5.74) is 3.74. The Morgan fingerprint density at radius 3 is 2.61 bits per heavy atom. The summed E-state index contributed by atoms with van der Waals surface area (Å²) in [5.74, 6) is 0.520. The normalized spacial score (nSPS) is 11.0. The van der Waals surface area contributed by atoms with E-state index in [4.69, 9.17) is 14.5 Å². The van der Waals surface area contributed by atoms with Gasteiger partial charge in [-0.1, -0.05) is 42.5 Å². The molecule has 0 N–H and O–H groups in total. The van der Waals surface area contributed by atoms with Gasteiger partial charge in [-0.2, -0.15) is 0 Å². The molecular weight excluding hydrogens is 410 g/mol. The Labute approximate surface area is 185 Å². The maximum atomic E-state index is 13.2. The Bertz CT molecular complexity index is 1150. The van der Waals surface area contributed by atoms with Crippen LogP contribution >= 0.6 is 11.3 Å². The molecule has 6 nitrogen and oxygen atoms in total. The molecule has 0 atom stereocenters. The van der Waals surface area contributed by atoms with E-state index in [1.54, 1.807) is 37.7 Å². The second kappa shape index (κ2) is 9.76. The summed E-state index contributed by atoms with van der Waals surface area (Å²) in [6.07, 6.45) is 2.78.